The van der Waals surface area contributed by atoms with E-state index in [1.807, 2.05) is 50.2 Å². The molecule has 0 saturated carbocycles. The van der Waals surface area contributed by atoms with Crippen molar-refractivity contribution >= 4 is 39.9 Å². The van der Waals surface area contributed by atoms with Crippen LogP contribution in [0.5, 0.6) is 0 Å². The molecule has 33 heavy (non-hydrogen) atoms. The van der Waals surface area contributed by atoms with Gasteiger partial charge in [-0.3, -0.25) is 9.78 Å². The molecular weight excluding hydrogens is 438 g/mol. The van der Waals surface area contributed by atoms with Crippen molar-refractivity contribution < 1.29 is 9.53 Å². The molecule has 0 radical (unpaired) electrons. The molecule has 168 valence electrons. The molecule has 0 aliphatic rings. The lowest BCUT2D eigenvalue weighted by molar-refractivity contribution is -0.121. The van der Waals surface area contributed by atoms with E-state index in [2.05, 4.69) is 25.3 Å². The van der Waals surface area contributed by atoms with Crippen molar-refractivity contribution in [2.75, 3.05) is 12.4 Å². The summed E-state index contributed by atoms with van der Waals surface area (Å²) < 4.78 is 5.24. The van der Waals surface area contributed by atoms with Gasteiger partial charge in [0.25, 0.3) is 0 Å². The molecular formula is C25H24ClN5O2. The van der Waals surface area contributed by atoms with Crippen LogP contribution in [0.4, 0.5) is 11.5 Å². The summed E-state index contributed by atoms with van der Waals surface area (Å²) in [4.78, 5) is 30.2. The third-order valence-electron chi connectivity index (χ3n) is 5.12. The lowest BCUT2D eigenvalue weighted by Crippen LogP contribution is -2.10. The highest BCUT2D eigenvalue weighted by molar-refractivity contribution is 6.32. The minimum absolute atomic E-state index is 0.0211. The molecule has 0 fully saturated rings. The Morgan fingerprint density at radius 3 is 2.55 bits per heavy atom. The highest BCUT2D eigenvalue weighted by Crippen LogP contribution is 2.28. The van der Waals surface area contributed by atoms with Crippen LogP contribution in [0, 0.1) is 5.92 Å². The predicted molar refractivity (Wildman–Crippen MR) is 130 cm³/mol. The first-order valence-corrected chi connectivity index (χ1v) is 11.0. The lowest BCUT2D eigenvalue weighted by Gasteiger charge is -2.12. The minimum Gasteiger partial charge on any atom is -0.377 e. The summed E-state index contributed by atoms with van der Waals surface area (Å²) in [5, 5.41) is 4.62. The fourth-order valence-corrected chi connectivity index (χ4v) is 3.52. The standard InChI is InChI=1S/C25H24ClN5O2/c1-15(2)21(32)13-16-6-8-17(9-7-16)28-24-18-10-11-20(23-19(26)5-4-12-27-23)29-25(18)31-22(30-24)14-33-3/h4-12,15H,13-14H2,1-3H3,(H,28,29,30,31). The van der Waals surface area contributed by atoms with Crippen LogP contribution >= 0.6 is 11.6 Å². The quantitative estimate of drug-likeness (QED) is 0.375. The number of halogens is 1. The van der Waals surface area contributed by atoms with Crippen LogP contribution in [0.2, 0.25) is 5.02 Å². The van der Waals surface area contributed by atoms with Crippen molar-refractivity contribution in [3.8, 4) is 11.4 Å². The van der Waals surface area contributed by atoms with Crippen LogP contribution in [0.1, 0.15) is 25.2 Å². The number of pyridine rings is 2. The smallest absolute Gasteiger partial charge is 0.165 e. The van der Waals surface area contributed by atoms with Gasteiger partial charge in [-0.1, -0.05) is 37.6 Å². The number of aromatic nitrogens is 4. The average molecular weight is 462 g/mol. The molecule has 0 aliphatic carbocycles. The number of nitrogens with one attached hydrogen (secondary N) is 1. The highest BCUT2D eigenvalue weighted by Gasteiger charge is 2.14. The summed E-state index contributed by atoms with van der Waals surface area (Å²) >= 11 is 6.30. The molecule has 0 spiro atoms. The van der Waals surface area contributed by atoms with Gasteiger partial charge in [-0.15, -0.1) is 0 Å². The van der Waals surface area contributed by atoms with Crippen LogP contribution in [0.15, 0.2) is 54.7 Å². The SMILES string of the molecule is COCc1nc(Nc2ccc(CC(=O)C(C)C)cc2)c2ccc(-c3ncccc3Cl)nc2n1. The van der Waals surface area contributed by atoms with E-state index in [1.165, 1.54) is 0 Å². The van der Waals surface area contributed by atoms with Gasteiger partial charge in [-0.2, -0.15) is 0 Å². The summed E-state index contributed by atoms with van der Waals surface area (Å²) in [6.07, 6.45) is 2.10. The molecule has 0 bridgehead atoms. The predicted octanol–water partition coefficient (Wildman–Crippen LogP) is 5.40. The number of fused-ring (bicyclic) bond motifs is 1. The molecule has 0 saturated heterocycles. The largest absolute Gasteiger partial charge is 0.377 e. The van der Waals surface area contributed by atoms with E-state index in [0.29, 0.717) is 40.1 Å². The zero-order chi connectivity index (χ0) is 23.4. The Morgan fingerprint density at radius 2 is 1.85 bits per heavy atom. The Morgan fingerprint density at radius 1 is 1.06 bits per heavy atom. The lowest BCUT2D eigenvalue weighted by atomic mass is 10.0. The first-order valence-electron chi connectivity index (χ1n) is 10.6. The van der Waals surface area contributed by atoms with Gasteiger partial charge in [-0.05, 0) is 42.0 Å². The molecule has 1 N–H and O–H groups in total. The molecule has 0 atom stereocenters. The van der Waals surface area contributed by atoms with E-state index >= 15 is 0 Å². The maximum absolute atomic E-state index is 12.0. The molecule has 7 nitrogen and oxygen atoms in total. The molecule has 0 aliphatic heterocycles. The number of hydrogen-bond acceptors (Lipinski definition) is 7. The maximum Gasteiger partial charge on any atom is 0.165 e. The number of hydrogen-bond donors (Lipinski definition) is 1. The zero-order valence-corrected chi connectivity index (χ0v) is 19.4. The number of carbonyl (C=O) groups is 1. The molecule has 8 heteroatoms. The zero-order valence-electron chi connectivity index (χ0n) is 18.7. The third-order valence-corrected chi connectivity index (χ3v) is 5.42. The second-order valence-electron chi connectivity index (χ2n) is 7.94. The monoisotopic (exact) mass is 461 g/mol. The van der Waals surface area contributed by atoms with Gasteiger partial charge >= 0.3 is 0 Å². The van der Waals surface area contributed by atoms with Crippen LogP contribution in [-0.4, -0.2) is 32.8 Å². The van der Waals surface area contributed by atoms with Gasteiger partial charge in [0.2, 0.25) is 0 Å². The summed E-state index contributed by atoms with van der Waals surface area (Å²) in [7, 11) is 1.59. The normalized spacial score (nSPS) is 11.2. The second kappa shape index (κ2) is 10.0. The van der Waals surface area contributed by atoms with E-state index in [9.17, 15) is 4.79 Å². The number of methoxy groups -OCH3 is 1. The number of anilines is 2. The molecule has 0 amide bonds. The van der Waals surface area contributed by atoms with Crippen molar-refractivity contribution in [1.82, 2.24) is 19.9 Å². The van der Waals surface area contributed by atoms with Crippen LogP contribution in [-0.2, 0) is 22.6 Å². The highest BCUT2D eigenvalue weighted by atomic mass is 35.5. The fraction of sp³-hybridized carbons (Fsp3) is 0.240. The average Bonchev–Trinajstić information content (AvgIpc) is 2.80. The number of carbonyl (C=O) groups excluding carboxylic acids is 1. The number of ether oxygens (including phenoxy) is 1. The van der Waals surface area contributed by atoms with Gasteiger partial charge < -0.3 is 10.1 Å². The Hall–Kier alpha value is -3.42. The van der Waals surface area contributed by atoms with Crippen molar-refractivity contribution in [3.05, 3.63) is 71.1 Å². The van der Waals surface area contributed by atoms with Gasteiger partial charge in [0.05, 0.1) is 16.1 Å². The Labute approximate surface area is 197 Å². The van der Waals surface area contributed by atoms with Crippen LogP contribution in [0.3, 0.4) is 0 Å². The van der Waals surface area contributed by atoms with Gasteiger partial charge in [0, 0.05) is 31.3 Å². The fourth-order valence-electron chi connectivity index (χ4n) is 3.30. The summed E-state index contributed by atoms with van der Waals surface area (Å²) in [5.74, 6) is 1.36. The van der Waals surface area contributed by atoms with Gasteiger partial charge in [-0.25, -0.2) is 15.0 Å². The number of rotatable bonds is 8. The van der Waals surface area contributed by atoms with E-state index in [0.717, 1.165) is 16.6 Å². The van der Waals surface area contributed by atoms with Crippen molar-refractivity contribution in [3.63, 3.8) is 0 Å². The van der Waals surface area contributed by atoms with E-state index in [1.54, 1.807) is 25.4 Å². The Kier molecular flexibility index (Phi) is 6.91. The van der Waals surface area contributed by atoms with E-state index in [-0.39, 0.29) is 18.3 Å². The summed E-state index contributed by atoms with van der Waals surface area (Å²) in [5.41, 5.74) is 3.55. The molecule has 3 heterocycles. The molecule has 0 unspecified atom stereocenters. The van der Waals surface area contributed by atoms with Crippen LogP contribution < -0.4 is 5.32 Å². The summed E-state index contributed by atoms with van der Waals surface area (Å²) in [6.45, 7) is 4.08. The van der Waals surface area contributed by atoms with Gasteiger partial charge in [0.15, 0.2) is 11.5 Å². The molecule has 4 rings (SSSR count). The second-order valence-corrected chi connectivity index (χ2v) is 8.35. The van der Waals surface area contributed by atoms with Crippen molar-refractivity contribution in [2.45, 2.75) is 26.9 Å². The number of benzene rings is 1. The topological polar surface area (TPSA) is 89.9 Å². The first kappa shape index (κ1) is 22.8. The molecule has 1 aromatic carbocycles. The third kappa shape index (κ3) is 5.32. The van der Waals surface area contributed by atoms with Crippen LogP contribution in [0.25, 0.3) is 22.4 Å². The molecule has 3 aromatic heterocycles. The Bertz CT molecular complexity index is 1290. The minimum atomic E-state index is 0.0211. The number of Topliss-reactive ketones (excluding diaryl/α,β-unsaturated/α-hetero) is 1. The number of nitrogens with zero attached hydrogens (tertiary/aromatic N) is 4. The first-order chi connectivity index (χ1) is 15.9. The maximum atomic E-state index is 12.0. The summed E-state index contributed by atoms with van der Waals surface area (Å²) in [6, 6.07) is 15.1. The van der Waals surface area contributed by atoms with E-state index < -0.39 is 0 Å². The molecule has 4 aromatic rings. The van der Waals surface area contributed by atoms with E-state index in [4.69, 9.17) is 16.3 Å². The Balaban J connectivity index is 1.68. The van der Waals surface area contributed by atoms with Gasteiger partial charge in [0.1, 0.15) is 23.9 Å². The van der Waals surface area contributed by atoms with Crippen molar-refractivity contribution in [1.29, 1.82) is 0 Å². The number of ketones is 1. The van der Waals surface area contributed by atoms with Crippen molar-refractivity contribution in [2.24, 2.45) is 5.92 Å².